The van der Waals surface area contributed by atoms with Crippen LogP contribution < -0.4 is 4.74 Å². The molecule has 1 aromatic heterocycles. The van der Waals surface area contributed by atoms with Gasteiger partial charge in [-0.2, -0.15) is 0 Å². The average molecular weight is 251 g/mol. The van der Waals surface area contributed by atoms with Crippen LogP contribution in [0.4, 0.5) is 8.78 Å². The van der Waals surface area contributed by atoms with E-state index in [1.54, 1.807) is 13.0 Å². The molecular formula is C13H11F2NO2. The fraction of sp³-hybridized carbons (Fsp3) is 0.154. The minimum Gasteiger partial charge on any atom is -0.439 e. The molecule has 1 atom stereocenters. The van der Waals surface area contributed by atoms with Crippen molar-refractivity contribution in [2.75, 3.05) is 0 Å². The standard InChI is InChI=1S/C13H11F2NO2/c1-8(17)9-4-5-16-13(6-9)18-10-2-3-11(14)12(15)7-10/h2-8,17H,1H3. The Kier molecular flexibility index (Phi) is 3.53. The molecular weight excluding hydrogens is 240 g/mol. The second-order valence-electron chi connectivity index (χ2n) is 3.78. The smallest absolute Gasteiger partial charge is 0.219 e. The minimum atomic E-state index is -0.987. The molecule has 0 aliphatic rings. The second-order valence-corrected chi connectivity index (χ2v) is 3.78. The van der Waals surface area contributed by atoms with E-state index in [9.17, 15) is 13.9 Å². The quantitative estimate of drug-likeness (QED) is 0.910. The highest BCUT2D eigenvalue weighted by Gasteiger charge is 2.07. The summed E-state index contributed by atoms with van der Waals surface area (Å²) in [6, 6.07) is 6.39. The number of aliphatic hydroxyl groups excluding tert-OH is 1. The first-order chi connectivity index (χ1) is 8.56. The average Bonchev–Trinajstić information content (AvgIpc) is 2.34. The number of benzene rings is 1. The Balaban J connectivity index is 2.23. The molecule has 0 aliphatic heterocycles. The Bertz CT molecular complexity index is 558. The van der Waals surface area contributed by atoms with Gasteiger partial charge in [-0.05, 0) is 30.7 Å². The predicted molar refractivity (Wildman–Crippen MR) is 61.3 cm³/mol. The van der Waals surface area contributed by atoms with Crippen molar-refractivity contribution in [2.24, 2.45) is 0 Å². The highest BCUT2D eigenvalue weighted by molar-refractivity contribution is 5.30. The minimum absolute atomic E-state index is 0.143. The number of aromatic nitrogens is 1. The maximum Gasteiger partial charge on any atom is 0.219 e. The van der Waals surface area contributed by atoms with Crippen molar-refractivity contribution in [1.82, 2.24) is 4.98 Å². The number of aliphatic hydroxyl groups is 1. The van der Waals surface area contributed by atoms with Gasteiger partial charge >= 0.3 is 0 Å². The molecule has 18 heavy (non-hydrogen) atoms. The maximum absolute atomic E-state index is 13.0. The lowest BCUT2D eigenvalue weighted by Crippen LogP contribution is -1.94. The third-order valence-corrected chi connectivity index (χ3v) is 2.35. The third-order valence-electron chi connectivity index (χ3n) is 2.35. The lowest BCUT2D eigenvalue weighted by atomic mass is 10.2. The highest BCUT2D eigenvalue weighted by atomic mass is 19.2. The van der Waals surface area contributed by atoms with E-state index in [4.69, 9.17) is 4.74 Å². The number of rotatable bonds is 3. The summed E-state index contributed by atoms with van der Waals surface area (Å²) in [5, 5.41) is 9.40. The second kappa shape index (κ2) is 5.10. The van der Waals surface area contributed by atoms with Crippen LogP contribution in [0.5, 0.6) is 11.6 Å². The molecule has 2 rings (SSSR count). The molecule has 5 heteroatoms. The zero-order chi connectivity index (χ0) is 13.1. The van der Waals surface area contributed by atoms with Crippen molar-refractivity contribution in [3.05, 3.63) is 53.7 Å². The summed E-state index contributed by atoms with van der Waals surface area (Å²) in [7, 11) is 0. The van der Waals surface area contributed by atoms with Crippen molar-refractivity contribution >= 4 is 0 Å². The first-order valence-corrected chi connectivity index (χ1v) is 5.33. The Labute approximate surface area is 103 Å². The fourth-order valence-corrected chi connectivity index (χ4v) is 1.40. The normalized spacial score (nSPS) is 12.2. The lowest BCUT2D eigenvalue weighted by Gasteiger charge is -2.08. The van der Waals surface area contributed by atoms with Crippen LogP contribution in [0.2, 0.25) is 0 Å². The van der Waals surface area contributed by atoms with E-state index in [0.29, 0.717) is 5.56 Å². The van der Waals surface area contributed by atoms with Gasteiger partial charge in [0.25, 0.3) is 0 Å². The highest BCUT2D eigenvalue weighted by Crippen LogP contribution is 2.23. The summed E-state index contributed by atoms with van der Waals surface area (Å²) < 4.78 is 31.0. The monoisotopic (exact) mass is 251 g/mol. The van der Waals surface area contributed by atoms with Gasteiger partial charge in [-0.25, -0.2) is 13.8 Å². The van der Waals surface area contributed by atoms with Crippen LogP contribution in [0.25, 0.3) is 0 Å². The molecule has 0 saturated carbocycles. The molecule has 1 aromatic carbocycles. The SMILES string of the molecule is CC(O)c1ccnc(Oc2ccc(F)c(F)c2)c1. The topological polar surface area (TPSA) is 42.4 Å². The molecule has 2 aromatic rings. The first-order valence-electron chi connectivity index (χ1n) is 5.33. The van der Waals surface area contributed by atoms with Gasteiger partial charge in [0.2, 0.25) is 5.88 Å². The van der Waals surface area contributed by atoms with E-state index < -0.39 is 17.7 Å². The fourth-order valence-electron chi connectivity index (χ4n) is 1.40. The molecule has 3 nitrogen and oxygen atoms in total. The molecule has 0 saturated heterocycles. The number of halogens is 2. The van der Waals surface area contributed by atoms with E-state index in [-0.39, 0.29) is 11.6 Å². The Morgan fingerprint density at radius 2 is 1.94 bits per heavy atom. The number of hydrogen-bond donors (Lipinski definition) is 1. The van der Waals surface area contributed by atoms with E-state index in [1.807, 2.05) is 0 Å². The van der Waals surface area contributed by atoms with Gasteiger partial charge in [0.05, 0.1) is 6.10 Å². The van der Waals surface area contributed by atoms with Crippen LogP contribution in [0.15, 0.2) is 36.5 Å². The van der Waals surface area contributed by atoms with Gasteiger partial charge in [0.15, 0.2) is 11.6 Å². The van der Waals surface area contributed by atoms with Crippen molar-refractivity contribution in [3.63, 3.8) is 0 Å². The molecule has 0 bridgehead atoms. The lowest BCUT2D eigenvalue weighted by molar-refractivity contribution is 0.198. The van der Waals surface area contributed by atoms with Gasteiger partial charge in [0.1, 0.15) is 5.75 Å². The largest absolute Gasteiger partial charge is 0.439 e. The molecule has 94 valence electrons. The Hall–Kier alpha value is -2.01. The molecule has 0 aliphatic carbocycles. The van der Waals surface area contributed by atoms with Crippen LogP contribution in [0.1, 0.15) is 18.6 Å². The number of pyridine rings is 1. The van der Waals surface area contributed by atoms with E-state index in [2.05, 4.69) is 4.98 Å². The summed E-state index contributed by atoms with van der Waals surface area (Å²) in [5.74, 6) is -1.57. The van der Waals surface area contributed by atoms with Crippen molar-refractivity contribution in [1.29, 1.82) is 0 Å². The molecule has 1 heterocycles. The van der Waals surface area contributed by atoms with Crippen LogP contribution in [-0.4, -0.2) is 10.1 Å². The van der Waals surface area contributed by atoms with E-state index in [0.717, 1.165) is 12.1 Å². The van der Waals surface area contributed by atoms with Crippen molar-refractivity contribution in [2.45, 2.75) is 13.0 Å². The molecule has 0 amide bonds. The van der Waals surface area contributed by atoms with Crippen LogP contribution in [0, 0.1) is 11.6 Å². The molecule has 0 radical (unpaired) electrons. The van der Waals surface area contributed by atoms with Crippen molar-refractivity contribution in [3.8, 4) is 11.6 Å². The predicted octanol–water partition coefficient (Wildman–Crippen LogP) is 3.21. The number of hydrogen-bond acceptors (Lipinski definition) is 3. The van der Waals surface area contributed by atoms with Gasteiger partial charge < -0.3 is 9.84 Å². The Morgan fingerprint density at radius 3 is 2.61 bits per heavy atom. The number of nitrogens with zero attached hydrogens (tertiary/aromatic N) is 1. The molecule has 0 fully saturated rings. The summed E-state index contributed by atoms with van der Waals surface area (Å²) in [5.41, 5.74) is 0.627. The van der Waals surface area contributed by atoms with E-state index in [1.165, 1.54) is 18.3 Å². The summed E-state index contributed by atoms with van der Waals surface area (Å²) >= 11 is 0. The Morgan fingerprint density at radius 1 is 1.17 bits per heavy atom. The van der Waals surface area contributed by atoms with Gasteiger partial charge in [-0.3, -0.25) is 0 Å². The van der Waals surface area contributed by atoms with Crippen molar-refractivity contribution < 1.29 is 18.6 Å². The van der Waals surface area contributed by atoms with Gasteiger partial charge in [-0.1, -0.05) is 0 Å². The van der Waals surface area contributed by atoms with Crippen LogP contribution >= 0.6 is 0 Å². The van der Waals surface area contributed by atoms with Gasteiger partial charge in [-0.15, -0.1) is 0 Å². The zero-order valence-electron chi connectivity index (χ0n) is 9.60. The molecule has 1 N–H and O–H groups in total. The first kappa shape index (κ1) is 12.4. The third kappa shape index (κ3) is 2.81. The summed E-state index contributed by atoms with van der Waals surface area (Å²) in [4.78, 5) is 3.92. The number of ether oxygens (including phenoxy) is 1. The maximum atomic E-state index is 13.0. The van der Waals surface area contributed by atoms with E-state index >= 15 is 0 Å². The van der Waals surface area contributed by atoms with Gasteiger partial charge in [0, 0.05) is 18.3 Å². The molecule has 0 spiro atoms. The molecule has 1 unspecified atom stereocenters. The zero-order valence-corrected chi connectivity index (χ0v) is 9.60. The summed E-state index contributed by atoms with van der Waals surface area (Å²) in [6.45, 7) is 1.61. The van der Waals surface area contributed by atoms with Crippen LogP contribution in [-0.2, 0) is 0 Å². The van der Waals surface area contributed by atoms with Crippen LogP contribution in [0.3, 0.4) is 0 Å². The summed E-state index contributed by atoms with van der Waals surface area (Å²) in [6.07, 6.45) is 0.817.